The van der Waals surface area contributed by atoms with Crippen LogP contribution < -0.4 is 36.3 Å². The highest BCUT2D eigenvalue weighted by Crippen LogP contribution is 2.28. The summed E-state index contributed by atoms with van der Waals surface area (Å²) in [5, 5.41) is 10.2. The molecule has 0 aliphatic carbocycles. The first kappa shape index (κ1) is 31.3. The van der Waals surface area contributed by atoms with Gasteiger partial charge in [-0.1, -0.05) is 243 Å². The zero-order chi connectivity index (χ0) is 31.9. The van der Waals surface area contributed by atoms with Crippen LogP contribution in [0.2, 0.25) is 0 Å². The third-order valence-corrected chi connectivity index (χ3v) is 61.4. The molecule has 47 heavy (non-hydrogen) atoms. The van der Waals surface area contributed by atoms with Crippen LogP contribution in [0.4, 0.5) is 0 Å². The molecule has 0 nitrogen and oxygen atoms in total. The van der Waals surface area contributed by atoms with Crippen LogP contribution in [0.1, 0.15) is 0 Å². The average Bonchev–Trinajstić information content (AvgIpc) is 3.17. The molecule has 228 valence electrons. The lowest BCUT2D eigenvalue weighted by molar-refractivity contribution is 1.70. The molecule has 0 aromatic heterocycles. The van der Waals surface area contributed by atoms with Gasteiger partial charge in [0.25, 0.3) is 0 Å². The first-order chi connectivity index (χ1) is 23.3. The Labute approximate surface area is 288 Å². The van der Waals surface area contributed by atoms with Crippen LogP contribution in [0, 0.1) is 0 Å². The van der Waals surface area contributed by atoms with Crippen molar-refractivity contribution in [2.75, 3.05) is 0 Å². The summed E-state index contributed by atoms with van der Waals surface area (Å²) in [6, 6.07) is 80.4. The van der Waals surface area contributed by atoms with Crippen molar-refractivity contribution in [3.63, 3.8) is 0 Å². The summed E-state index contributed by atoms with van der Waals surface area (Å²) in [7, 11) is -10.4. The molecule has 5 heteroatoms. The topological polar surface area (TPSA) is 0 Å². The molecule has 0 aliphatic rings. The fraction of sp³-hybridized carbons (Fsp3) is 0. The minimum atomic E-state index is -2.98. The average molecular weight is 690 g/mol. The number of benzene rings is 7. The zero-order valence-corrected chi connectivity index (χ0v) is 31.3. The van der Waals surface area contributed by atoms with Gasteiger partial charge in [0.05, 0.1) is 0 Å². The van der Waals surface area contributed by atoms with E-state index in [1.54, 1.807) is 0 Å². The fourth-order valence-corrected chi connectivity index (χ4v) is 78.8. The van der Waals surface area contributed by atoms with Crippen LogP contribution in [0.5, 0.6) is 0 Å². The Balaban J connectivity index is 1.79. The maximum atomic E-state index is 8.56. The smallest absolute Gasteiger partial charge is 0.169 e. The Morgan fingerprint density at radius 3 is 0.809 bits per heavy atom. The predicted octanol–water partition coefficient (Wildman–Crippen LogP) is 4.66. The third kappa shape index (κ3) is 5.56. The maximum absolute atomic E-state index is 8.56. The van der Waals surface area contributed by atoms with Crippen LogP contribution in [-0.2, 0) is 0 Å². The van der Waals surface area contributed by atoms with E-state index in [9.17, 15) is 0 Å². The van der Waals surface area contributed by atoms with Gasteiger partial charge in [0, 0.05) is 0 Å². The molecule has 0 amide bonds. The van der Waals surface area contributed by atoms with Gasteiger partial charge in [0.15, 0.2) is 7.62 Å². The number of rotatable bonds is 10. The quantitative estimate of drug-likeness (QED) is 0.145. The van der Waals surface area contributed by atoms with Crippen LogP contribution in [0.25, 0.3) is 0 Å². The molecule has 0 radical (unpaired) electrons. The Kier molecular flexibility index (Phi) is 9.47. The molecule has 1 unspecified atom stereocenters. The molecule has 0 saturated heterocycles. The van der Waals surface area contributed by atoms with Crippen molar-refractivity contribution in [2.24, 2.45) is 0 Å². The molecule has 0 bridgehead atoms. The van der Waals surface area contributed by atoms with Gasteiger partial charge in [-0.3, -0.25) is 0 Å². The zero-order valence-electron chi connectivity index (χ0n) is 26.2. The van der Waals surface area contributed by atoms with E-state index >= 15 is 0 Å². The van der Waals surface area contributed by atoms with E-state index in [2.05, 4.69) is 212 Å². The molecule has 0 heterocycles. The number of hydrogen-bond acceptors (Lipinski definition) is 0. The molecule has 0 aliphatic heterocycles. The highest BCUT2D eigenvalue weighted by atomic mass is 35.6. The molecule has 7 aromatic rings. The van der Waals surface area contributed by atoms with Crippen molar-refractivity contribution in [1.29, 1.82) is 0 Å². The maximum Gasteiger partial charge on any atom is 0.170 e. The first-order valence-electron chi connectivity index (χ1n) is 16.3. The number of hydrogen-bond donors (Lipinski definition) is 0. The highest BCUT2D eigenvalue weighted by molar-refractivity contribution is 7.96. The van der Waals surface area contributed by atoms with E-state index in [0.29, 0.717) is 0 Å². The molecule has 0 saturated carbocycles. The molecule has 0 fully saturated rings. The molecule has 7 aromatic carbocycles. The molecular formula is C42H37ClSi4. The van der Waals surface area contributed by atoms with Gasteiger partial charge in [-0.2, -0.15) is 11.1 Å². The van der Waals surface area contributed by atoms with Gasteiger partial charge >= 0.3 is 0 Å². The molecule has 0 spiro atoms. The fourth-order valence-electron chi connectivity index (χ4n) is 7.96. The summed E-state index contributed by atoms with van der Waals surface area (Å²) in [5.74, 6) is 0. The van der Waals surface area contributed by atoms with Gasteiger partial charge in [-0.05, 0) is 5.19 Å². The largest absolute Gasteiger partial charge is 0.170 e. The van der Waals surface area contributed by atoms with E-state index < -0.39 is 30.2 Å². The van der Waals surface area contributed by atoms with E-state index in [4.69, 9.17) is 11.1 Å². The van der Waals surface area contributed by atoms with E-state index in [-0.39, 0.29) is 0 Å². The monoisotopic (exact) mass is 688 g/mol. The highest BCUT2D eigenvalue weighted by Gasteiger charge is 2.67. The Hall–Kier alpha value is -4.30. The van der Waals surface area contributed by atoms with Crippen molar-refractivity contribution >= 4 is 77.5 Å². The minimum absolute atomic E-state index is 1.33. The van der Waals surface area contributed by atoms with Gasteiger partial charge < -0.3 is 0 Å². The Bertz CT molecular complexity index is 1860. The summed E-state index contributed by atoms with van der Waals surface area (Å²) >= 11 is 8.56. The van der Waals surface area contributed by atoms with Crippen molar-refractivity contribution < 1.29 is 0 Å². The van der Waals surface area contributed by atoms with Crippen LogP contribution >= 0.6 is 11.1 Å². The minimum Gasteiger partial charge on any atom is -0.169 e. The summed E-state index contributed by atoms with van der Waals surface area (Å²) in [6.07, 6.45) is 0. The summed E-state index contributed by atoms with van der Waals surface area (Å²) in [4.78, 5) is 0. The van der Waals surface area contributed by atoms with Crippen LogP contribution in [-0.4, -0.2) is 30.2 Å². The van der Waals surface area contributed by atoms with Crippen molar-refractivity contribution in [1.82, 2.24) is 0 Å². The first-order valence-corrected chi connectivity index (χ1v) is 28.4. The van der Waals surface area contributed by atoms with Gasteiger partial charge in [0.2, 0.25) is 0 Å². The second-order valence-corrected chi connectivity index (χ2v) is 40.5. The summed E-state index contributed by atoms with van der Waals surface area (Å²) in [6.45, 7) is 0. The Morgan fingerprint density at radius 2 is 0.511 bits per heavy atom. The standard InChI is InChI=1S/C42H37ClSi4/c43-45(38-26-12-3-13-27-38)47(41-32-18-6-19-33-41,42-34-20-7-21-35-42)46(39-28-14-4-15-29-39,40-30-16-5-17-31-40)44(36-22-8-1-9-23-36)37-24-10-2-11-25-37/h1-35,44-45H. The van der Waals surface area contributed by atoms with Crippen LogP contribution in [0.15, 0.2) is 212 Å². The third-order valence-electron chi connectivity index (χ3n) is 9.71. The lowest BCUT2D eigenvalue weighted by Gasteiger charge is -2.55. The van der Waals surface area contributed by atoms with Gasteiger partial charge in [0.1, 0.15) is 22.5 Å². The van der Waals surface area contributed by atoms with E-state index in [1.165, 1.54) is 36.3 Å². The van der Waals surface area contributed by atoms with E-state index in [1.807, 2.05) is 0 Å². The Morgan fingerprint density at radius 1 is 0.277 bits per heavy atom. The van der Waals surface area contributed by atoms with E-state index in [0.717, 1.165) is 0 Å². The molecule has 7 rings (SSSR count). The normalized spacial score (nSPS) is 12.5. The van der Waals surface area contributed by atoms with Crippen molar-refractivity contribution in [3.8, 4) is 0 Å². The van der Waals surface area contributed by atoms with Gasteiger partial charge in [-0.15, -0.1) is 0 Å². The van der Waals surface area contributed by atoms with Crippen LogP contribution in [0.3, 0.4) is 0 Å². The predicted molar refractivity (Wildman–Crippen MR) is 214 cm³/mol. The van der Waals surface area contributed by atoms with Gasteiger partial charge in [-0.25, -0.2) is 0 Å². The summed E-state index contributed by atoms with van der Waals surface area (Å²) < 4.78 is 0. The lowest BCUT2D eigenvalue weighted by Crippen LogP contribution is -2.98. The SMILES string of the molecule is Cl[SiH](c1ccccc1)[Si](c1ccccc1)(c1ccccc1)[Si](c1ccccc1)(c1ccccc1)[SiH](c1ccccc1)c1ccccc1. The summed E-state index contributed by atoms with van der Waals surface area (Å²) in [5.41, 5.74) is 0. The number of halogens is 1. The second kappa shape index (κ2) is 14.2. The second-order valence-electron chi connectivity index (χ2n) is 12.1. The van der Waals surface area contributed by atoms with Crippen molar-refractivity contribution in [2.45, 2.75) is 0 Å². The molecule has 1 atom stereocenters. The molecule has 0 N–H and O–H groups in total. The van der Waals surface area contributed by atoms with Crippen molar-refractivity contribution in [3.05, 3.63) is 212 Å². The molecular weight excluding hydrogens is 652 g/mol. The lowest BCUT2D eigenvalue weighted by atomic mass is 10.4.